The quantitative estimate of drug-likeness (QED) is 0.926. The van der Waals surface area contributed by atoms with Crippen LogP contribution in [-0.4, -0.2) is 40.7 Å². The molecule has 1 saturated heterocycles. The summed E-state index contributed by atoms with van der Waals surface area (Å²) in [6.07, 6.45) is 4.14. The van der Waals surface area contributed by atoms with Crippen LogP contribution in [0.5, 0.6) is 0 Å². The van der Waals surface area contributed by atoms with Gasteiger partial charge in [-0.2, -0.15) is 5.10 Å². The van der Waals surface area contributed by atoms with Crippen molar-refractivity contribution in [2.75, 3.05) is 13.2 Å². The largest absolute Gasteiger partial charge is 0.349 e. The molecule has 1 unspecified atom stereocenters. The van der Waals surface area contributed by atoms with Crippen molar-refractivity contribution in [2.45, 2.75) is 58.3 Å². The molecule has 2 heterocycles. The van der Waals surface area contributed by atoms with Gasteiger partial charge in [0.1, 0.15) is 6.10 Å². The number of carbonyl (C=O) groups is 1. The van der Waals surface area contributed by atoms with Crippen LogP contribution < -0.4 is 5.32 Å². The van der Waals surface area contributed by atoms with E-state index in [2.05, 4.69) is 17.3 Å². The molecule has 1 aliphatic heterocycles. The maximum absolute atomic E-state index is 12.4. The number of aromatic nitrogens is 2. The molecule has 1 saturated carbocycles. The smallest absolute Gasteiger partial charge is 0.255 e. The molecule has 1 atom stereocenters. The maximum Gasteiger partial charge on any atom is 0.255 e. The summed E-state index contributed by atoms with van der Waals surface area (Å²) in [7, 11) is 1.85. The molecule has 6 nitrogen and oxygen atoms in total. The lowest BCUT2D eigenvalue weighted by molar-refractivity contribution is -0.191. The molecule has 6 heteroatoms. The number of nitrogens with zero attached hydrogens (tertiary/aromatic N) is 2. The molecule has 3 rings (SSSR count). The van der Waals surface area contributed by atoms with Crippen LogP contribution in [0.4, 0.5) is 0 Å². The Kier molecular flexibility index (Phi) is 4.47. The van der Waals surface area contributed by atoms with Crippen LogP contribution in [0, 0.1) is 19.8 Å². The average Bonchev–Trinajstić information content (AvgIpc) is 3.02. The zero-order chi connectivity index (χ0) is 16.6. The van der Waals surface area contributed by atoms with E-state index < -0.39 is 5.79 Å². The lowest BCUT2D eigenvalue weighted by Crippen LogP contribution is -2.38. The molecule has 0 aromatic carbocycles. The highest BCUT2D eigenvalue weighted by Crippen LogP contribution is 2.39. The molecule has 1 amide bonds. The van der Waals surface area contributed by atoms with E-state index in [0.717, 1.165) is 43.0 Å². The van der Waals surface area contributed by atoms with Crippen molar-refractivity contribution in [2.24, 2.45) is 13.0 Å². The number of nitrogens with one attached hydrogen (secondary N) is 1. The van der Waals surface area contributed by atoms with Gasteiger partial charge in [0, 0.05) is 32.1 Å². The van der Waals surface area contributed by atoms with Crippen LogP contribution in [0.3, 0.4) is 0 Å². The van der Waals surface area contributed by atoms with Crippen LogP contribution >= 0.6 is 0 Å². The zero-order valence-electron chi connectivity index (χ0n) is 14.5. The minimum atomic E-state index is -0.401. The first-order chi connectivity index (χ1) is 10.9. The summed E-state index contributed by atoms with van der Waals surface area (Å²) in [5.41, 5.74) is 2.29. The second kappa shape index (κ2) is 6.24. The first-order valence-electron chi connectivity index (χ1n) is 8.50. The van der Waals surface area contributed by atoms with Gasteiger partial charge in [-0.25, -0.2) is 0 Å². The summed E-state index contributed by atoms with van der Waals surface area (Å²) in [6.45, 7) is 7.07. The van der Waals surface area contributed by atoms with Crippen LogP contribution in [0.15, 0.2) is 0 Å². The maximum atomic E-state index is 12.4. The topological polar surface area (TPSA) is 65.4 Å². The molecule has 1 aromatic rings. The van der Waals surface area contributed by atoms with Crippen molar-refractivity contribution < 1.29 is 14.3 Å². The van der Waals surface area contributed by atoms with Crippen LogP contribution in [-0.2, 0) is 16.5 Å². The van der Waals surface area contributed by atoms with Crippen LogP contribution in [0.2, 0.25) is 0 Å². The highest BCUT2D eigenvalue weighted by molar-refractivity contribution is 5.96. The molecule has 1 aromatic heterocycles. The van der Waals surface area contributed by atoms with Gasteiger partial charge in [0.25, 0.3) is 5.91 Å². The number of carbonyl (C=O) groups excluding carboxylic acids is 1. The molecule has 1 spiro atoms. The highest BCUT2D eigenvalue weighted by atomic mass is 16.7. The van der Waals surface area contributed by atoms with E-state index in [4.69, 9.17) is 9.47 Å². The van der Waals surface area contributed by atoms with Gasteiger partial charge in [0.2, 0.25) is 0 Å². The van der Waals surface area contributed by atoms with Crippen molar-refractivity contribution >= 4 is 5.91 Å². The third-order valence-corrected chi connectivity index (χ3v) is 5.18. The molecule has 128 valence electrons. The normalized spacial score (nSPS) is 30.8. The van der Waals surface area contributed by atoms with E-state index in [1.54, 1.807) is 4.68 Å². The fraction of sp³-hybridized carbons (Fsp3) is 0.765. The Morgan fingerprint density at radius 3 is 2.70 bits per heavy atom. The molecule has 2 aliphatic rings. The lowest BCUT2D eigenvalue weighted by atomic mass is 9.86. The second-order valence-corrected chi connectivity index (χ2v) is 7.02. The van der Waals surface area contributed by atoms with Crippen molar-refractivity contribution in [3.8, 4) is 0 Å². The van der Waals surface area contributed by atoms with Crippen LogP contribution in [0.25, 0.3) is 0 Å². The van der Waals surface area contributed by atoms with E-state index in [1.165, 1.54) is 0 Å². The molecule has 23 heavy (non-hydrogen) atoms. The Hall–Kier alpha value is -1.40. The van der Waals surface area contributed by atoms with E-state index in [-0.39, 0.29) is 12.0 Å². The Morgan fingerprint density at radius 1 is 1.39 bits per heavy atom. The first-order valence-corrected chi connectivity index (χ1v) is 8.50. The summed E-state index contributed by atoms with van der Waals surface area (Å²) in [6, 6.07) is 0. The van der Waals surface area contributed by atoms with E-state index >= 15 is 0 Å². The van der Waals surface area contributed by atoms with E-state index in [0.29, 0.717) is 18.7 Å². The third kappa shape index (κ3) is 3.28. The highest BCUT2D eigenvalue weighted by Gasteiger charge is 2.43. The fourth-order valence-electron chi connectivity index (χ4n) is 3.58. The minimum absolute atomic E-state index is 0.0651. The number of amides is 1. The SMILES string of the molecule is Cc1nn(C)c(C)c1C(=O)NCC1COC2(CCC(C)CC2)O1. The molecule has 0 bridgehead atoms. The first kappa shape index (κ1) is 16.5. The van der Waals surface area contributed by atoms with Gasteiger partial charge < -0.3 is 14.8 Å². The van der Waals surface area contributed by atoms with Crippen molar-refractivity contribution in [1.82, 2.24) is 15.1 Å². The van der Waals surface area contributed by atoms with Crippen molar-refractivity contribution in [3.63, 3.8) is 0 Å². The number of hydrogen-bond acceptors (Lipinski definition) is 4. The molecule has 1 N–H and O–H groups in total. The van der Waals surface area contributed by atoms with E-state index in [1.807, 2.05) is 20.9 Å². The molecule has 1 aliphatic carbocycles. The number of hydrogen-bond donors (Lipinski definition) is 1. The summed E-state index contributed by atoms with van der Waals surface area (Å²) in [5, 5.41) is 7.26. The number of ether oxygens (including phenoxy) is 2. The third-order valence-electron chi connectivity index (χ3n) is 5.18. The monoisotopic (exact) mass is 321 g/mol. The minimum Gasteiger partial charge on any atom is -0.349 e. The predicted octanol–water partition coefficient (Wildman–Crippen LogP) is 2.09. The summed E-state index contributed by atoms with van der Waals surface area (Å²) in [5.74, 6) is 0.264. The Balaban J connectivity index is 1.54. The van der Waals surface area contributed by atoms with Gasteiger partial charge in [0.15, 0.2) is 5.79 Å². The molecular weight excluding hydrogens is 294 g/mol. The van der Waals surface area contributed by atoms with Gasteiger partial charge in [-0.3, -0.25) is 9.48 Å². The summed E-state index contributed by atoms with van der Waals surface area (Å²) in [4.78, 5) is 12.4. The van der Waals surface area contributed by atoms with Gasteiger partial charge in [-0.1, -0.05) is 6.92 Å². The summed E-state index contributed by atoms with van der Waals surface area (Å²) >= 11 is 0. The van der Waals surface area contributed by atoms with Crippen molar-refractivity contribution in [3.05, 3.63) is 17.0 Å². The fourth-order valence-corrected chi connectivity index (χ4v) is 3.58. The van der Waals surface area contributed by atoms with Gasteiger partial charge in [-0.15, -0.1) is 0 Å². The molecule has 2 fully saturated rings. The van der Waals surface area contributed by atoms with E-state index in [9.17, 15) is 4.79 Å². The summed E-state index contributed by atoms with van der Waals surface area (Å²) < 4.78 is 13.8. The van der Waals surface area contributed by atoms with Crippen molar-refractivity contribution in [1.29, 1.82) is 0 Å². The number of rotatable bonds is 3. The standard InChI is InChI=1S/C17H27N3O3/c1-11-5-7-17(8-6-11)22-10-14(23-17)9-18-16(21)15-12(2)19-20(4)13(15)3/h11,14H,5-10H2,1-4H3,(H,18,21). The Morgan fingerprint density at radius 2 is 2.09 bits per heavy atom. The van der Waals surface area contributed by atoms with Gasteiger partial charge in [0.05, 0.1) is 17.9 Å². The second-order valence-electron chi connectivity index (χ2n) is 7.02. The lowest BCUT2D eigenvalue weighted by Gasteiger charge is -2.34. The van der Waals surface area contributed by atoms with Gasteiger partial charge in [-0.05, 0) is 32.6 Å². The predicted molar refractivity (Wildman–Crippen MR) is 86.2 cm³/mol. The average molecular weight is 321 g/mol. The van der Waals surface area contributed by atoms with Crippen LogP contribution in [0.1, 0.15) is 54.4 Å². The van der Waals surface area contributed by atoms with Gasteiger partial charge >= 0.3 is 0 Å². The molecular formula is C17H27N3O3. The Labute approximate surface area is 137 Å². The number of aryl methyl sites for hydroxylation is 2. The Bertz CT molecular complexity index is 588. The zero-order valence-corrected chi connectivity index (χ0v) is 14.5. The molecule has 0 radical (unpaired) electrons.